The van der Waals surface area contributed by atoms with E-state index in [1.165, 1.54) is 6.92 Å². The number of hydrogen-bond acceptors (Lipinski definition) is 7. The summed E-state index contributed by atoms with van der Waals surface area (Å²) in [5, 5.41) is 20.9. The van der Waals surface area contributed by atoms with Gasteiger partial charge in [0, 0.05) is 6.92 Å². The largest absolute Gasteiger partial charge is 0.455 e. The zero-order valence-corrected chi connectivity index (χ0v) is 8.81. The van der Waals surface area contributed by atoms with Crippen molar-refractivity contribution in [1.82, 2.24) is 0 Å². The first-order valence-electron chi connectivity index (χ1n) is 4.28. The fourth-order valence-corrected chi connectivity index (χ4v) is 1.36. The molecule has 7 heteroatoms. The van der Waals surface area contributed by atoms with Crippen LogP contribution in [0.1, 0.15) is 6.92 Å². The summed E-state index contributed by atoms with van der Waals surface area (Å²) in [6.45, 7) is 1.09. The average molecular weight is 233 g/mol. The highest BCUT2D eigenvalue weighted by Crippen LogP contribution is 2.19. The summed E-state index contributed by atoms with van der Waals surface area (Å²) in [5.74, 6) is -0.596. The number of esters is 1. The Balaban J connectivity index is 2.78. The number of aliphatic hydroxyl groups excluding tert-OH is 2. The highest BCUT2D eigenvalue weighted by molar-refractivity contribution is 7.78. The summed E-state index contributed by atoms with van der Waals surface area (Å²) >= 11 is 4.39. The van der Waals surface area contributed by atoms with Gasteiger partial charge in [0.15, 0.2) is 12.3 Å². The number of nitrogens with zero attached hydrogens (tertiary/aromatic N) is 1. The maximum atomic E-state index is 10.8. The second kappa shape index (κ2) is 5.29. The zero-order valence-electron chi connectivity index (χ0n) is 7.99. The topological polar surface area (TPSA) is 88.4 Å². The Morgan fingerprint density at radius 1 is 1.67 bits per heavy atom. The maximum absolute atomic E-state index is 10.8. The van der Waals surface area contributed by atoms with Crippen molar-refractivity contribution in [2.75, 3.05) is 6.61 Å². The van der Waals surface area contributed by atoms with Crippen LogP contribution in [0.5, 0.6) is 0 Å². The van der Waals surface area contributed by atoms with E-state index in [1.54, 1.807) is 0 Å². The monoisotopic (exact) mass is 233 g/mol. The van der Waals surface area contributed by atoms with E-state index in [0.29, 0.717) is 0 Å². The molecule has 6 nitrogen and oxygen atoms in total. The van der Waals surface area contributed by atoms with Gasteiger partial charge in [0.05, 0.1) is 11.8 Å². The molecule has 1 heterocycles. The predicted molar refractivity (Wildman–Crippen MR) is 52.3 cm³/mol. The molecule has 0 amide bonds. The fourth-order valence-electron chi connectivity index (χ4n) is 1.26. The van der Waals surface area contributed by atoms with E-state index >= 15 is 0 Å². The van der Waals surface area contributed by atoms with E-state index in [2.05, 4.69) is 22.4 Å². The summed E-state index contributed by atoms with van der Waals surface area (Å²) in [7, 11) is 0. The van der Waals surface area contributed by atoms with Crippen LogP contribution in [0.15, 0.2) is 4.99 Å². The van der Waals surface area contributed by atoms with Gasteiger partial charge in [0.2, 0.25) is 0 Å². The van der Waals surface area contributed by atoms with Gasteiger partial charge in [0.25, 0.3) is 0 Å². The molecule has 0 radical (unpaired) electrons. The molecule has 1 saturated heterocycles. The van der Waals surface area contributed by atoms with Crippen LogP contribution in [0.4, 0.5) is 0 Å². The Bertz CT molecular complexity index is 291. The number of aliphatic imine (C=N–C) groups is 1. The Hall–Kier alpha value is -0.850. The van der Waals surface area contributed by atoms with Crippen LogP contribution in [0.25, 0.3) is 0 Å². The van der Waals surface area contributed by atoms with E-state index in [4.69, 9.17) is 9.47 Å². The van der Waals surface area contributed by atoms with Crippen LogP contribution in [0.3, 0.4) is 0 Å². The van der Waals surface area contributed by atoms with Gasteiger partial charge in [-0.15, -0.1) is 0 Å². The zero-order chi connectivity index (χ0) is 11.4. The Labute approximate surface area is 91.5 Å². The Morgan fingerprint density at radius 2 is 2.33 bits per heavy atom. The van der Waals surface area contributed by atoms with Gasteiger partial charge in [-0.25, -0.2) is 0 Å². The van der Waals surface area contributed by atoms with Crippen molar-refractivity contribution >= 4 is 23.3 Å². The number of ether oxygens (including phenoxy) is 2. The number of carbonyl (C=O) groups is 1. The van der Waals surface area contributed by atoms with Crippen molar-refractivity contribution in [3.8, 4) is 0 Å². The molecule has 15 heavy (non-hydrogen) atoms. The van der Waals surface area contributed by atoms with Crippen LogP contribution in [0, 0.1) is 0 Å². The third kappa shape index (κ3) is 3.05. The number of aliphatic hydroxyl groups is 2. The molecule has 84 valence electrons. The maximum Gasteiger partial charge on any atom is 0.303 e. The van der Waals surface area contributed by atoms with Gasteiger partial charge in [-0.1, -0.05) is 0 Å². The lowest BCUT2D eigenvalue weighted by Crippen LogP contribution is -2.53. The van der Waals surface area contributed by atoms with Crippen LogP contribution in [-0.2, 0) is 14.3 Å². The summed E-state index contributed by atoms with van der Waals surface area (Å²) in [5.41, 5.74) is 0. The summed E-state index contributed by atoms with van der Waals surface area (Å²) in [4.78, 5) is 14.4. The van der Waals surface area contributed by atoms with Crippen molar-refractivity contribution in [3.05, 3.63) is 0 Å². The molecule has 1 fully saturated rings. The minimum Gasteiger partial charge on any atom is -0.455 e. The van der Waals surface area contributed by atoms with E-state index in [1.807, 2.05) is 0 Å². The molecular weight excluding hydrogens is 222 g/mol. The van der Waals surface area contributed by atoms with E-state index < -0.39 is 30.5 Å². The Morgan fingerprint density at radius 3 is 2.87 bits per heavy atom. The molecule has 0 aromatic heterocycles. The first-order chi connectivity index (χ1) is 7.06. The van der Waals surface area contributed by atoms with Gasteiger partial charge in [-0.2, -0.15) is 4.99 Å². The van der Waals surface area contributed by atoms with Crippen molar-refractivity contribution < 1.29 is 24.5 Å². The minimum atomic E-state index is -1.24. The molecule has 0 saturated carbocycles. The van der Waals surface area contributed by atoms with Gasteiger partial charge in [0.1, 0.15) is 12.2 Å². The SMILES string of the molecule is CC(=O)O[C@@H]1C(N=C=S)OC[C@@H](O)[C@H]1O. The molecular formula is C8H11NO5S. The molecule has 1 aliphatic heterocycles. The number of carbonyl (C=O) groups excluding carboxylic acids is 1. The minimum absolute atomic E-state index is 0.0931. The first kappa shape index (κ1) is 12.2. The van der Waals surface area contributed by atoms with E-state index in [9.17, 15) is 15.0 Å². The highest BCUT2D eigenvalue weighted by Gasteiger charge is 2.41. The molecule has 2 N–H and O–H groups in total. The lowest BCUT2D eigenvalue weighted by atomic mass is 10.0. The lowest BCUT2D eigenvalue weighted by Gasteiger charge is -2.34. The Kier molecular flexibility index (Phi) is 4.31. The molecule has 0 aliphatic carbocycles. The van der Waals surface area contributed by atoms with Crippen molar-refractivity contribution in [2.24, 2.45) is 4.99 Å². The van der Waals surface area contributed by atoms with E-state index in [0.717, 1.165) is 0 Å². The lowest BCUT2D eigenvalue weighted by molar-refractivity contribution is -0.204. The average Bonchev–Trinajstić information content (AvgIpc) is 2.17. The number of thiocarbonyl (C=S) groups is 1. The van der Waals surface area contributed by atoms with Crippen LogP contribution in [-0.4, -0.2) is 52.5 Å². The second-order valence-electron chi connectivity index (χ2n) is 3.08. The molecule has 0 aromatic rings. The summed E-state index contributed by atoms with van der Waals surface area (Å²) < 4.78 is 9.82. The standard InChI is InChI=1S/C8H11NO5S/c1-4(10)14-7-6(12)5(11)2-13-8(7)9-3-15/h5-8,11-12H,2H2,1H3/t5-,6-,7+,8?/m1/s1. The predicted octanol–water partition coefficient (Wildman–Crippen LogP) is -0.901. The van der Waals surface area contributed by atoms with Crippen LogP contribution in [0.2, 0.25) is 0 Å². The smallest absolute Gasteiger partial charge is 0.303 e. The molecule has 4 atom stereocenters. The fraction of sp³-hybridized carbons (Fsp3) is 0.750. The molecule has 0 aromatic carbocycles. The highest BCUT2D eigenvalue weighted by atomic mass is 32.1. The van der Waals surface area contributed by atoms with Gasteiger partial charge in [-0.3, -0.25) is 4.79 Å². The van der Waals surface area contributed by atoms with Gasteiger partial charge < -0.3 is 19.7 Å². The summed E-state index contributed by atoms with van der Waals surface area (Å²) in [6.07, 6.45) is -4.31. The molecule has 1 rings (SSSR count). The second-order valence-corrected chi connectivity index (χ2v) is 3.26. The normalized spacial score (nSPS) is 35.4. The number of isothiocyanates is 1. The quantitative estimate of drug-likeness (QED) is 0.365. The van der Waals surface area contributed by atoms with Crippen molar-refractivity contribution in [3.63, 3.8) is 0 Å². The number of rotatable bonds is 2. The van der Waals surface area contributed by atoms with Crippen LogP contribution < -0.4 is 0 Å². The molecule has 1 aliphatic rings. The number of hydrogen-bond donors (Lipinski definition) is 2. The first-order valence-corrected chi connectivity index (χ1v) is 4.69. The molecule has 1 unspecified atom stereocenters. The van der Waals surface area contributed by atoms with Gasteiger partial charge in [-0.05, 0) is 12.2 Å². The third-order valence-corrected chi connectivity index (χ3v) is 2.04. The molecule has 0 bridgehead atoms. The van der Waals surface area contributed by atoms with Crippen LogP contribution >= 0.6 is 12.2 Å². The molecule has 0 spiro atoms. The summed E-state index contributed by atoms with van der Waals surface area (Å²) in [6, 6.07) is 0. The van der Waals surface area contributed by atoms with Gasteiger partial charge >= 0.3 is 5.97 Å². The van der Waals surface area contributed by atoms with Crippen molar-refractivity contribution in [1.29, 1.82) is 0 Å². The van der Waals surface area contributed by atoms with E-state index in [-0.39, 0.29) is 6.61 Å². The van der Waals surface area contributed by atoms with Crippen molar-refractivity contribution in [2.45, 2.75) is 31.5 Å². The third-order valence-electron chi connectivity index (χ3n) is 1.93.